The summed E-state index contributed by atoms with van der Waals surface area (Å²) in [5.41, 5.74) is 1.65. The van der Waals surface area contributed by atoms with Crippen molar-refractivity contribution in [3.63, 3.8) is 0 Å². The average Bonchev–Trinajstić information content (AvgIpc) is 3.00. The molecule has 5 aromatic rings. The number of pyridine rings is 1. The van der Waals surface area contributed by atoms with E-state index < -0.39 is 31.9 Å². The molecule has 3 aromatic heterocycles. The molecule has 0 aliphatic carbocycles. The number of benzene rings is 2. The van der Waals surface area contributed by atoms with Gasteiger partial charge < -0.3 is 10.6 Å². The maximum atomic E-state index is 12.9. The number of sulfonamides is 2. The van der Waals surface area contributed by atoms with Gasteiger partial charge in [0.1, 0.15) is 34.7 Å². The van der Waals surface area contributed by atoms with Crippen LogP contribution >= 0.6 is 0 Å². The Bertz CT molecular complexity index is 2050. The van der Waals surface area contributed by atoms with Gasteiger partial charge >= 0.3 is 0 Å². The van der Waals surface area contributed by atoms with Crippen LogP contribution in [-0.4, -0.2) is 53.6 Å². The molecule has 0 aliphatic heterocycles. The number of hydrogen-bond acceptors (Lipinski definition) is 11. The highest BCUT2D eigenvalue weighted by atomic mass is 32.2. The molecule has 0 atom stereocenters. The Morgan fingerprint density at radius 3 is 1.25 bits per heavy atom. The summed E-state index contributed by atoms with van der Waals surface area (Å²) in [6.07, 6.45) is 0. The Hall–Kier alpha value is -5.81. The van der Waals surface area contributed by atoms with Gasteiger partial charge in [-0.1, -0.05) is 6.07 Å². The van der Waals surface area contributed by atoms with E-state index in [0.717, 1.165) is 0 Å². The van der Waals surface area contributed by atoms with Crippen LogP contribution in [0.2, 0.25) is 0 Å². The standard InChI is InChI=1S/C31H29N9O6S2/c1-18-16-28(34-20(3)32-18)39-47(43,44)24-12-8-22(9-13-24)36-30(41)26-6-5-7-27(38-26)31(42)37-23-10-14-25(15-11-23)48(45,46)40-29-17-19(2)33-21(4)35-29/h5-17H,1-4H3,(H,36,41)(H,37,42)(H,32,34,39)(H,33,35,40). The lowest BCUT2D eigenvalue weighted by Gasteiger charge is -2.11. The predicted octanol–water partition coefficient (Wildman–Crippen LogP) is 4.00. The second-order valence-electron chi connectivity index (χ2n) is 10.5. The molecule has 0 saturated heterocycles. The minimum absolute atomic E-state index is 0.0518. The van der Waals surface area contributed by atoms with Gasteiger partial charge in [0.15, 0.2) is 0 Å². The first kappa shape index (κ1) is 33.6. The molecule has 0 unspecified atom stereocenters. The summed E-state index contributed by atoms with van der Waals surface area (Å²) in [6.45, 7) is 6.75. The zero-order valence-electron chi connectivity index (χ0n) is 26.0. The Kier molecular flexibility index (Phi) is 9.44. The van der Waals surface area contributed by atoms with Crippen LogP contribution in [0.4, 0.5) is 23.0 Å². The van der Waals surface area contributed by atoms with Crippen molar-refractivity contribution in [1.29, 1.82) is 0 Å². The lowest BCUT2D eigenvalue weighted by Crippen LogP contribution is -2.19. The minimum atomic E-state index is -3.96. The SMILES string of the molecule is Cc1cc(NS(=O)(=O)c2ccc(NC(=O)c3cccc(C(=O)Nc4ccc(S(=O)(=O)Nc5cc(C)nc(C)n5)cc4)n3)cc2)nc(C)n1. The molecule has 5 rings (SSSR count). The van der Waals surface area contributed by atoms with E-state index in [2.05, 4.69) is 45.0 Å². The first-order chi connectivity index (χ1) is 22.7. The van der Waals surface area contributed by atoms with Crippen molar-refractivity contribution in [3.8, 4) is 0 Å². The largest absolute Gasteiger partial charge is 0.321 e. The third kappa shape index (κ3) is 8.31. The number of rotatable bonds is 10. The number of aromatic nitrogens is 5. The first-order valence-electron chi connectivity index (χ1n) is 14.2. The summed E-state index contributed by atoms with van der Waals surface area (Å²) in [5.74, 6) is -0.171. The second kappa shape index (κ2) is 13.5. The molecule has 0 aliphatic rings. The minimum Gasteiger partial charge on any atom is -0.321 e. The number of hydrogen-bond donors (Lipinski definition) is 4. The quantitative estimate of drug-likeness (QED) is 0.165. The van der Waals surface area contributed by atoms with Crippen LogP contribution in [-0.2, 0) is 20.0 Å². The normalized spacial score (nSPS) is 11.4. The van der Waals surface area contributed by atoms with Crippen LogP contribution in [0.1, 0.15) is 44.0 Å². The number of anilines is 4. The zero-order chi connectivity index (χ0) is 34.6. The zero-order valence-corrected chi connectivity index (χ0v) is 27.6. The Labute approximate surface area is 276 Å². The summed E-state index contributed by atoms with van der Waals surface area (Å²) in [7, 11) is -7.92. The molecule has 0 radical (unpaired) electrons. The van der Waals surface area contributed by atoms with Gasteiger partial charge in [-0.2, -0.15) is 0 Å². The maximum Gasteiger partial charge on any atom is 0.274 e. The molecule has 0 spiro atoms. The molecule has 0 fully saturated rings. The molecular weight excluding hydrogens is 659 g/mol. The maximum absolute atomic E-state index is 12.9. The molecule has 0 bridgehead atoms. The van der Waals surface area contributed by atoms with Gasteiger partial charge in [0.25, 0.3) is 31.9 Å². The van der Waals surface area contributed by atoms with Crippen LogP contribution in [0.25, 0.3) is 0 Å². The topological polar surface area (TPSA) is 215 Å². The van der Waals surface area contributed by atoms with Gasteiger partial charge in [0.2, 0.25) is 0 Å². The summed E-state index contributed by atoms with van der Waals surface area (Å²) >= 11 is 0. The van der Waals surface area contributed by atoms with Crippen LogP contribution in [0.5, 0.6) is 0 Å². The lowest BCUT2D eigenvalue weighted by atomic mass is 10.2. The molecule has 0 saturated carbocycles. The molecular formula is C31H29N9O6S2. The number of nitrogens with one attached hydrogen (secondary N) is 4. The number of carbonyl (C=O) groups excluding carboxylic acids is 2. The molecule has 4 N–H and O–H groups in total. The number of nitrogens with zero attached hydrogens (tertiary/aromatic N) is 5. The fraction of sp³-hybridized carbons (Fsp3) is 0.129. The Morgan fingerprint density at radius 1 is 0.521 bits per heavy atom. The van der Waals surface area contributed by atoms with Gasteiger partial charge in [0.05, 0.1) is 9.79 Å². The highest BCUT2D eigenvalue weighted by molar-refractivity contribution is 7.93. The van der Waals surface area contributed by atoms with Gasteiger partial charge in [-0.25, -0.2) is 41.8 Å². The summed E-state index contributed by atoms with van der Waals surface area (Å²) in [5, 5.41) is 5.24. The molecule has 246 valence electrons. The van der Waals surface area contributed by atoms with E-state index in [0.29, 0.717) is 34.4 Å². The third-order valence-electron chi connectivity index (χ3n) is 6.47. The fourth-order valence-electron chi connectivity index (χ4n) is 4.44. The molecule has 2 aromatic carbocycles. The molecule has 3 heterocycles. The van der Waals surface area contributed by atoms with Crippen molar-refractivity contribution in [2.75, 3.05) is 20.1 Å². The van der Waals surface area contributed by atoms with Crippen molar-refractivity contribution in [2.45, 2.75) is 37.5 Å². The average molecular weight is 688 g/mol. The van der Waals surface area contributed by atoms with E-state index in [9.17, 15) is 26.4 Å². The van der Waals surface area contributed by atoms with E-state index in [1.165, 1.54) is 78.9 Å². The van der Waals surface area contributed by atoms with Gasteiger partial charge in [0, 0.05) is 34.9 Å². The van der Waals surface area contributed by atoms with Gasteiger partial charge in [-0.05, 0) is 88.4 Å². The van der Waals surface area contributed by atoms with Crippen molar-refractivity contribution in [2.24, 2.45) is 0 Å². The molecule has 2 amide bonds. The number of amides is 2. The Morgan fingerprint density at radius 2 is 0.896 bits per heavy atom. The highest BCUT2D eigenvalue weighted by Gasteiger charge is 2.19. The van der Waals surface area contributed by atoms with E-state index >= 15 is 0 Å². The van der Waals surface area contributed by atoms with Crippen LogP contribution in [0, 0.1) is 27.7 Å². The summed E-state index contributed by atoms with van der Waals surface area (Å²) in [4.78, 5) is 46.3. The number of aryl methyl sites for hydroxylation is 4. The highest BCUT2D eigenvalue weighted by Crippen LogP contribution is 2.20. The Balaban J connectivity index is 1.21. The molecule has 17 heteroatoms. The van der Waals surface area contributed by atoms with E-state index in [-0.39, 0.29) is 32.8 Å². The smallest absolute Gasteiger partial charge is 0.274 e. The van der Waals surface area contributed by atoms with Crippen molar-refractivity contribution in [1.82, 2.24) is 24.9 Å². The fourth-order valence-corrected chi connectivity index (χ4v) is 6.43. The van der Waals surface area contributed by atoms with Crippen molar-refractivity contribution < 1.29 is 26.4 Å². The van der Waals surface area contributed by atoms with E-state index in [1.807, 2.05) is 0 Å². The second-order valence-corrected chi connectivity index (χ2v) is 13.8. The number of carbonyl (C=O) groups is 2. The summed E-state index contributed by atoms with van der Waals surface area (Å²) in [6, 6.07) is 18.2. The summed E-state index contributed by atoms with van der Waals surface area (Å²) < 4.78 is 56.1. The monoisotopic (exact) mass is 687 g/mol. The molecule has 48 heavy (non-hydrogen) atoms. The predicted molar refractivity (Wildman–Crippen MR) is 178 cm³/mol. The lowest BCUT2D eigenvalue weighted by molar-refractivity contribution is 0.101. The van der Waals surface area contributed by atoms with Crippen LogP contribution in [0.15, 0.2) is 88.7 Å². The van der Waals surface area contributed by atoms with Gasteiger partial charge in [-0.3, -0.25) is 19.0 Å². The van der Waals surface area contributed by atoms with E-state index in [4.69, 9.17) is 0 Å². The van der Waals surface area contributed by atoms with Crippen molar-refractivity contribution >= 4 is 54.9 Å². The van der Waals surface area contributed by atoms with Gasteiger partial charge in [-0.15, -0.1) is 0 Å². The van der Waals surface area contributed by atoms with E-state index in [1.54, 1.807) is 27.7 Å². The first-order valence-corrected chi connectivity index (χ1v) is 17.1. The van der Waals surface area contributed by atoms with Crippen LogP contribution < -0.4 is 20.1 Å². The third-order valence-corrected chi connectivity index (χ3v) is 9.21. The van der Waals surface area contributed by atoms with Crippen LogP contribution in [0.3, 0.4) is 0 Å². The van der Waals surface area contributed by atoms with Crippen molar-refractivity contribution in [3.05, 3.63) is 113 Å². The molecule has 15 nitrogen and oxygen atoms in total.